The van der Waals surface area contributed by atoms with Crippen LogP contribution in [0.2, 0.25) is 0 Å². The zero-order valence-corrected chi connectivity index (χ0v) is 18.0. The fourth-order valence-electron chi connectivity index (χ4n) is 3.74. The minimum Gasteiger partial charge on any atom is -0.497 e. The molecule has 0 radical (unpaired) electrons. The van der Waals surface area contributed by atoms with Gasteiger partial charge >= 0.3 is 0 Å². The first kappa shape index (κ1) is 21.4. The summed E-state index contributed by atoms with van der Waals surface area (Å²) in [5, 5.41) is 3.14. The van der Waals surface area contributed by atoms with Gasteiger partial charge in [0.2, 0.25) is 0 Å². The molecule has 0 aliphatic heterocycles. The van der Waals surface area contributed by atoms with Crippen molar-refractivity contribution >= 4 is 16.9 Å². The van der Waals surface area contributed by atoms with Gasteiger partial charge in [0.1, 0.15) is 22.9 Å². The molecule has 2 aromatic carbocycles. The van der Waals surface area contributed by atoms with Crippen molar-refractivity contribution in [2.45, 2.75) is 26.4 Å². The minimum atomic E-state index is -0.398. The molecule has 1 atom stereocenters. The number of ether oxygens (including phenoxy) is 1. The molecule has 0 aliphatic carbocycles. The molecule has 1 unspecified atom stereocenters. The maximum atomic E-state index is 13.5. The number of furan rings is 1. The number of nitrogens with zero attached hydrogens (tertiary/aromatic N) is 1. The van der Waals surface area contributed by atoms with Gasteiger partial charge in [-0.1, -0.05) is 24.3 Å². The van der Waals surface area contributed by atoms with E-state index in [-0.39, 0.29) is 34.9 Å². The van der Waals surface area contributed by atoms with E-state index in [0.717, 1.165) is 11.3 Å². The van der Waals surface area contributed by atoms with Crippen molar-refractivity contribution < 1.29 is 18.3 Å². The van der Waals surface area contributed by atoms with Gasteiger partial charge in [-0.2, -0.15) is 0 Å². The summed E-state index contributed by atoms with van der Waals surface area (Å²) in [6.07, 6.45) is 1.58. The minimum absolute atomic E-state index is 0.181. The fraction of sp³-hybridized carbons (Fsp3) is 0.200. The number of nitrogens with one attached hydrogen (secondary N) is 1. The number of carbonyl (C=O) groups is 1. The highest BCUT2D eigenvalue weighted by Crippen LogP contribution is 2.24. The van der Waals surface area contributed by atoms with E-state index in [1.165, 1.54) is 16.7 Å². The second-order valence-electron chi connectivity index (χ2n) is 7.62. The van der Waals surface area contributed by atoms with Crippen LogP contribution in [0.3, 0.4) is 0 Å². The van der Waals surface area contributed by atoms with Crippen molar-refractivity contribution in [3.05, 3.63) is 99.4 Å². The summed E-state index contributed by atoms with van der Waals surface area (Å²) in [7, 11) is 1.59. The Labute approximate surface area is 184 Å². The van der Waals surface area contributed by atoms with Gasteiger partial charge in [-0.25, -0.2) is 4.39 Å². The molecule has 0 bridgehead atoms. The third-order valence-corrected chi connectivity index (χ3v) is 5.42. The zero-order valence-electron chi connectivity index (χ0n) is 18.0. The van der Waals surface area contributed by atoms with Crippen molar-refractivity contribution in [3.63, 3.8) is 0 Å². The van der Waals surface area contributed by atoms with E-state index in [4.69, 9.17) is 9.15 Å². The van der Waals surface area contributed by atoms with Crippen LogP contribution < -0.4 is 15.6 Å². The van der Waals surface area contributed by atoms with Gasteiger partial charge in [0.05, 0.1) is 30.6 Å². The van der Waals surface area contributed by atoms with E-state index < -0.39 is 5.91 Å². The Balaban J connectivity index is 1.66. The molecule has 2 heterocycles. The third-order valence-electron chi connectivity index (χ3n) is 5.42. The maximum absolute atomic E-state index is 13.5. The third kappa shape index (κ3) is 4.14. The van der Waals surface area contributed by atoms with Gasteiger partial charge in [-0.3, -0.25) is 9.59 Å². The van der Waals surface area contributed by atoms with Crippen LogP contribution in [-0.2, 0) is 6.54 Å². The monoisotopic (exact) mass is 434 g/mol. The molecule has 0 saturated carbocycles. The van der Waals surface area contributed by atoms with Gasteiger partial charge in [-0.15, -0.1) is 0 Å². The number of pyridine rings is 1. The van der Waals surface area contributed by atoms with Crippen LogP contribution in [0.1, 0.15) is 40.2 Å². The average Bonchev–Trinajstić information content (AvgIpc) is 3.12. The number of fused-ring (bicyclic) bond motifs is 1. The summed E-state index contributed by atoms with van der Waals surface area (Å²) in [5.74, 6) is 0.316. The summed E-state index contributed by atoms with van der Waals surface area (Å²) in [5.41, 5.74) is 1.72. The summed E-state index contributed by atoms with van der Waals surface area (Å²) in [6.45, 7) is 3.70. The Kier molecular flexibility index (Phi) is 5.81. The van der Waals surface area contributed by atoms with Crippen molar-refractivity contribution in [1.82, 2.24) is 9.88 Å². The number of aryl methyl sites for hydroxylation is 1. The SMILES string of the molecule is COc1ccc(C(C)NC(=O)c2c(C)oc3ccn(Cc4cccc(F)c4)c(=O)c23)cc1. The van der Waals surface area contributed by atoms with E-state index in [1.54, 1.807) is 38.4 Å². The normalized spacial score (nSPS) is 12.0. The number of aromatic nitrogens is 1. The van der Waals surface area contributed by atoms with Gasteiger partial charge in [0.15, 0.2) is 0 Å². The van der Waals surface area contributed by atoms with E-state index in [9.17, 15) is 14.0 Å². The Hall–Kier alpha value is -3.87. The van der Waals surface area contributed by atoms with E-state index >= 15 is 0 Å². The first-order valence-corrected chi connectivity index (χ1v) is 10.2. The molecular formula is C25H23FN2O4. The number of carbonyl (C=O) groups excluding carboxylic acids is 1. The van der Waals surface area contributed by atoms with Gasteiger partial charge in [0, 0.05) is 6.20 Å². The first-order valence-electron chi connectivity index (χ1n) is 10.2. The molecule has 1 amide bonds. The standard InChI is InChI=1S/C25H23FN2O4/c1-15(18-7-9-20(31-3)10-8-18)27-24(29)22-16(2)32-21-11-12-28(25(30)23(21)22)14-17-5-4-6-19(26)13-17/h4-13,15H,14H2,1-3H3,(H,27,29). The van der Waals surface area contributed by atoms with Crippen molar-refractivity contribution in [2.75, 3.05) is 7.11 Å². The molecule has 1 N–H and O–H groups in total. The molecule has 7 heteroatoms. The topological polar surface area (TPSA) is 73.5 Å². The Bertz CT molecular complexity index is 1340. The fourth-order valence-corrected chi connectivity index (χ4v) is 3.74. The van der Waals surface area contributed by atoms with Crippen LogP contribution in [-0.4, -0.2) is 17.6 Å². The largest absolute Gasteiger partial charge is 0.497 e. The van der Waals surface area contributed by atoms with Crippen LogP contribution in [0.5, 0.6) is 5.75 Å². The molecule has 32 heavy (non-hydrogen) atoms. The van der Waals surface area contributed by atoms with E-state index in [1.807, 2.05) is 31.2 Å². The number of hydrogen-bond donors (Lipinski definition) is 1. The quantitative estimate of drug-likeness (QED) is 0.482. The van der Waals surface area contributed by atoms with Gasteiger partial charge < -0.3 is 19.0 Å². The molecule has 0 fully saturated rings. The van der Waals surface area contributed by atoms with E-state index in [2.05, 4.69) is 5.32 Å². The molecule has 4 rings (SSSR count). The number of halogens is 1. The molecule has 0 saturated heterocycles. The molecule has 164 valence electrons. The molecule has 6 nitrogen and oxygen atoms in total. The summed E-state index contributed by atoms with van der Waals surface area (Å²) < 4.78 is 25.8. The molecule has 4 aromatic rings. The van der Waals surface area contributed by atoms with Gasteiger partial charge in [0.25, 0.3) is 11.5 Å². The van der Waals surface area contributed by atoms with Crippen molar-refractivity contribution in [3.8, 4) is 5.75 Å². The lowest BCUT2D eigenvalue weighted by Gasteiger charge is -2.15. The lowest BCUT2D eigenvalue weighted by molar-refractivity contribution is 0.0939. The van der Waals surface area contributed by atoms with Gasteiger partial charge in [-0.05, 0) is 55.3 Å². The Morgan fingerprint density at radius 3 is 2.62 bits per heavy atom. The number of hydrogen-bond acceptors (Lipinski definition) is 4. The number of amides is 1. The second-order valence-corrected chi connectivity index (χ2v) is 7.62. The predicted molar refractivity (Wildman–Crippen MR) is 120 cm³/mol. The highest BCUT2D eigenvalue weighted by Gasteiger charge is 2.23. The van der Waals surface area contributed by atoms with Crippen molar-refractivity contribution in [1.29, 1.82) is 0 Å². The highest BCUT2D eigenvalue weighted by atomic mass is 19.1. The van der Waals surface area contributed by atoms with Crippen LogP contribution >= 0.6 is 0 Å². The molecule has 0 spiro atoms. The molecule has 2 aromatic heterocycles. The lowest BCUT2D eigenvalue weighted by atomic mass is 10.1. The average molecular weight is 434 g/mol. The van der Waals surface area contributed by atoms with Crippen molar-refractivity contribution in [2.24, 2.45) is 0 Å². The summed E-state index contributed by atoms with van der Waals surface area (Å²) in [6, 6.07) is 14.8. The summed E-state index contributed by atoms with van der Waals surface area (Å²) in [4.78, 5) is 26.3. The van der Waals surface area contributed by atoms with Crippen LogP contribution in [0.15, 0.2) is 70.0 Å². The van der Waals surface area contributed by atoms with Crippen LogP contribution in [0.25, 0.3) is 11.0 Å². The predicted octanol–water partition coefficient (Wildman–Crippen LogP) is 4.59. The Morgan fingerprint density at radius 2 is 1.94 bits per heavy atom. The number of rotatable bonds is 6. The first-order chi connectivity index (χ1) is 15.4. The number of methoxy groups -OCH3 is 1. The number of benzene rings is 2. The smallest absolute Gasteiger partial charge is 0.262 e. The molecule has 0 aliphatic rings. The van der Waals surface area contributed by atoms with Crippen LogP contribution in [0.4, 0.5) is 4.39 Å². The zero-order chi connectivity index (χ0) is 22.8. The van der Waals surface area contributed by atoms with Crippen LogP contribution in [0, 0.1) is 12.7 Å². The lowest BCUT2D eigenvalue weighted by Crippen LogP contribution is -2.29. The summed E-state index contributed by atoms with van der Waals surface area (Å²) >= 11 is 0. The molecular weight excluding hydrogens is 411 g/mol. The Morgan fingerprint density at radius 1 is 1.19 bits per heavy atom. The second kappa shape index (κ2) is 8.70. The van der Waals surface area contributed by atoms with E-state index in [0.29, 0.717) is 16.9 Å². The highest BCUT2D eigenvalue weighted by molar-refractivity contribution is 6.07. The maximum Gasteiger partial charge on any atom is 0.262 e.